The van der Waals surface area contributed by atoms with Crippen molar-refractivity contribution in [3.63, 3.8) is 0 Å². The Morgan fingerprint density at radius 3 is 2.65 bits per heavy atom. The largest absolute Gasteiger partial charge is 0.497 e. The van der Waals surface area contributed by atoms with Crippen molar-refractivity contribution in [2.75, 3.05) is 32.6 Å². The molecule has 3 rings (SSSR count). The highest BCUT2D eigenvalue weighted by molar-refractivity contribution is 7.89. The van der Waals surface area contributed by atoms with Crippen molar-refractivity contribution in [3.8, 4) is 11.5 Å². The summed E-state index contributed by atoms with van der Waals surface area (Å²) >= 11 is 0. The molecule has 1 saturated heterocycles. The number of anilines is 1. The van der Waals surface area contributed by atoms with Crippen molar-refractivity contribution >= 4 is 21.6 Å². The van der Waals surface area contributed by atoms with Crippen LogP contribution < -0.4 is 14.8 Å². The van der Waals surface area contributed by atoms with Crippen LogP contribution in [0.5, 0.6) is 11.5 Å². The Bertz CT molecular complexity index is 1050. The number of aryl methyl sites for hydroxylation is 2. The molecule has 1 heterocycles. The highest BCUT2D eigenvalue weighted by Gasteiger charge is 2.35. The monoisotopic (exact) mass is 446 g/mol. The van der Waals surface area contributed by atoms with E-state index in [1.807, 2.05) is 32.0 Å². The van der Waals surface area contributed by atoms with Crippen molar-refractivity contribution in [3.05, 3.63) is 47.5 Å². The first kappa shape index (κ1) is 23.1. The molecule has 31 heavy (non-hydrogen) atoms. The van der Waals surface area contributed by atoms with Crippen LogP contribution in [0.15, 0.2) is 41.3 Å². The molecule has 1 amide bonds. The van der Waals surface area contributed by atoms with Crippen LogP contribution in [0.3, 0.4) is 0 Å². The van der Waals surface area contributed by atoms with Crippen molar-refractivity contribution in [1.29, 1.82) is 0 Å². The van der Waals surface area contributed by atoms with Crippen LogP contribution in [0.2, 0.25) is 0 Å². The molecule has 1 fully saturated rings. The molecule has 0 bridgehead atoms. The summed E-state index contributed by atoms with van der Waals surface area (Å²) in [5.41, 5.74) is 2.88. The van der Waals surface area contributed by atoms with Crippen LogP contribution in [0.4, 0.5) is 5.69 Å². The van der Waals surface area contributed by atoms with E-state index in [9.17, 15) is 13.2 Å². The lowest BCUT2D eigenvalue weighted by molar-refractivity contribution is -0.120. The number of hydrogen-bond acceptors (Lipinski definition) is 5. The van der Waals surface area contributed by atoms with E-state index in [-0.39, 0.29) is 23.1 Å². The smallest absolute Gasteiger partial charge is 0.246 e. The highest BCUT2D eigenvalue weighted by atomic mass is 32.2. The molecule has 0 unspecified atom stereocenters. The summed E-state index contributed by atoms with van der Waals surface area (Å²) in [4.78, 5) is 13.1. The van der Waals surface area contributed by atoms with Gasteiger partial charge in [-0.2, -0.15) is 4.31 Å². The molecule has 0 aliphatic carbocycles. The number of para-hydroxylation sites is 1. The van der Waals surface area contributed by atoms with Gasteiger partial charge in [-0.3, -0.25) is 4.79 Å². The van der Waals surface area contributed by atoms with Crippen molar-refractivity contribution in [2.45, 2.75) is 38.0 Å². The maximum atomic E-state index is 13.4. The van der Waals surface area contributed by atoms with Gasteiger partial charge in [-0.05, 0) is 49.4 Å². The molecule has 0 radical (unpaired) electrons. The Kier molecular flexibility index (Phi) is 7.23. The quantitative estimate of drug-likeness (QED) is 0.702. The Labute approximate surface area is 184 Å². The van der Waals surface area contributed by atoms with Crippen LogP contribution in [-0.2, 0) is 21.2 Å². The number of nitrogens with zero attached hydrogens (tertiary/aromatic N) is 1. The van der Waals surface area contributed by atoms with Gasteiger partial charge in [-0.15, -0.1) is 0 Å². The van der Waals surface area contributed by atoms with Gasteiger partial charge in [0.2, 0.25) is 15.9 Å². The minimum Gasteiger partial charge on any atom is -0.497 e. The SMILES string of the molecule is CCc1cccc(C)c1NC(=O)[C@@H]1CCCN(S(=O)(=O)c2cc(OC)ccc2OC)C1. The molecule has 168 valence electrons. The lowest BCUT2D eigenvalue weighted by Crippen LogP contribution is -2.43. The minimum absolute atomic E-state index is 0.0441. The van der Waals surface area contributed by atoms with Gasteiger partial charge in [0.05, 0.1) is 20.1 Å². The van der Waals surface area contributed by atoms with E-state index in [1.54, 1.807) is 12.1 Å². The highest BCUT2D eigenvalue weighted by Crippen LogP contribution is 2.33. The lowest BCUT2D eigenvalue weighted by Gasteiger charge is -2.32. The third kappa shape index (κ3) is 4.85. The molecule has 0 aromatic heterocycles. The fourth-order valence-electron chi connectivity index (χ4n) is 3.93. The zero-order valence-corrected chi connectivity index (χ0v) is 19.3. The van der Waals surface area contributed by atoms with Crippen LogP contribution in [-0.4, -0.2) is 45.9 Å². The predicted molar refractivity (Wildman–Crippen MR) is 120 cm³/mol. The number of carbonyl (C=O) groups excluding carboxylic acids is 1. The minimum atomic E-state index is -3.85. The van der Waals surface area contributed by atoms with Crippen LogP contribution >= 0.6 is 0 Å². The second kappa shape index (κ2) is 9.70. The fraction of sp³-hybridized carbons (Fsp3) is 0.435. The second-order valence-electron chi connectivity index (χ2n) is 7.67. The number of amides is 1. The van der Waals surface area contributed by atoms with E-state index in [0.29, 0.717) is 25.1 Å². The maximum Gasteiger partial charge on any atom is 0.246 e. The first-order valence-electron chi connectivity index (χ1n) is 10.4. The van der Waals surface area contributed by atoms with E-state index >= 15 is 0 Å². The number of ether oxygens (including phenoxy) is 2. The standard InChI is InChI=1S/C23H30N2O5S/c1-5-17-9-6-8-16(2)22(17)24-23(26)18-10-7-13-25(15-18)31(27,28)21-14-19(29-3)11-12-20(21)30-4/h6,8-9,11-12,14,18H,5,7,10,13,15H2,1-4H3,(H,24,26)/t18-/m1/s1. The van der Waals surface area contributed by atoms with Gasteiger partial charge in [0.15, 0.2) is 0 Å². The number of sulfonamides is 1. The van der Waals surface area contributed by atoms with Gasteiger partial charge in [-0.25, -0.2) is 8.42 Å². The number of piperidine rings is 1. The number of hydrogen-bond donors (Lipinski definition) is 1. The molecule has 2 aromatic rings. The van der Waals surface area contributed by atoms with Crippen molar-refractivity contribution in [1.82, 2.24) is 4.31 Å². The normalized spacial score (nSPS) is 17.2. The Morgan fingerprint density at radius 1 is 1.19 bits per heavy atom. The molecule has 7 nitrogen and oxygen atoms in total. The molecule has 8 heteroatoms. The maximum absolute atomic E-state index is 13.4. The number of carbonyl (C=O) groups is 1. The van der Waals surface area contributed by atoms with Crippen LogP contribution in [0, 0.1) is 12.8 Å². The van der Waals surface area contributed by atoms with Crippen LogP contribution in [0.25, 0.3) is 0 Å². The van der Waals surface area contributed by atoms with E-state index in [0.717, 1.165) is 23.2 Å². The molecule has 0 saturated carbocycles. The van der Waals surface area contributed by atoms with Gasteiger partial charge in [0.1, 0.15) is 16.4 Å². The lowest BCUT2D eigenvalue weighted by atomic mass is 9.98. The molecule has 0 spiro atoms. The number of nitrogens with one attached hydrogen (secondary N) is 1. The molecule has 2 aromatic carbocycles. The zero-order valence-electron chi connectivity index (χ0n) is 18.5. The van der Waals surface area contributed by atoms with Gasteiger partial charge in [-0.1, -0.05) is 25.1 Å². The van der Waals surface area contributed by atoms with E-state index < -0.39 is 15.9 Å². The third-order valence-electron chi connectivity index (χ3n) is 5.73. The van der Waals surface area contributed by atoms with E-state index in [1.165, 1.54) is 24.6 Å². The third-order valence-corrected chi connectivity index (χ3v) is 7.62. The van der Waals surface area contributed by atoms with Gasteiger partial charge in [0, 0.05) is 24.8 Å². The van der Waals surface area contributed by atoms with E-state index in [4.69, 9.17) is 9.47 Å². The van der Waals surface area contributed by atoms with E-state index in [2.05, 4.69) is 5.32 Å². The topological polar surface area (TPSA) is 84.9 Å². The zero-order chi connectivity index (χ0) is 22.6. The fourth-order valence-corrected chi connectivity index (χ4v) is 5.62. The number of rotatable bonds is 7. The summed E-state index contributed by atoms with van der Waals surface area (Å²) in [6.45, 7) is 4.49. The molecule has 1 aliphatic rings. The average molecular weight is 447 g/mol. The van der Waals surface area contributed by atoms with Crippen molar-refractivity contribution in [2.24, 2.45) is 5.92 Å². The molecule has 1 atom stereocenters. The summed E-state index contributed by atoms with van der Waals surface area (Å²) < 4.78 is 38.6. The summed E-state index contributed by atoms with van der Waals surface area (Å²) in [5.74, 6) is 0.100. The average Bonchev–Trinajstić information content (AvgIpc) is 2.79. The predicted octanol–water partition coefficient (Wildman–Crippen LogP) is 3.61. The van der Waals surface area contributed by atoms with Crippen LogP contribution in [0.1, 0.15) is 30.9 Å². The second-order valence-corrected chi connectivity index (χ2v) is 9.58. The summed E-state index contributed by atoms with van der Waals surface area (Å²) in [6, 6.07) is 10.6. The Balaban J connectivity index is 1.83. The van der Waals surface area contributed by atoms with Gasteiger partial charge >= 0.3 is 0 Å². The summed E-state index contributed by atoms with van der Waals surface area (Å²) in [7, 11) is -0.936. The molecular formula is C23H30N2O5S. The summed E-state index contributed by atoms with van der Waals surface area (Å²) in [5, 5.41) is 3.05. The summed E-state index contributed by atoms with van der Waals surface area (Å²) in [6.07, 6.45) is 2.05. The van der Waals surface area contributed by atoms with Gasteiger partial charge < -0.3 is 14.8 Å². The Hall–Kier alpha value is -2.58. The molecule has 1 N–H and O–H groups in total. The Morgan fingerprint density at radius 2 is 1.97 bits per heavy atom. The molecule has 1 aliphatic heterocycles. The van der Waals surface area contributed by atoms with Gasteiger partial charge in [0.25, 0.3) is 0 Å². The first-order valence-corrected chi connectivity index (χ1v) is 11.9. The first-order chi connectivity index (χ1) is 14.8. The molecular weight excluding hydrogens is 416 g/mol. The van der Waals surface area contributed by atoms with Crippen molar-refractivity contribution < 1.29 is 22.7 Å². The number of methoxy groups -OCH3 is 2. The number of benzene rings is 2.